The van der Waals surface area contributed by atoms with Gasteiger partial charge in [0.15, 0.2) is 0 Å². The number of pyridine rings is 2. The lowest BCUT2D eigenvalue weighted by molar-refractivity contribution is 0.576. The Morgan fingerprint density at radius 2 is 2.00 bits per heavy atom. The van der Waals surface area contributed by atoms with E-state index in [1.807, 2.05) is 37.4 Å². The lowest BCUT2D eigenvalue weighted by Gasteiger charge is -2.16. The number of hydrogen-bond donors (Lipinski definition) is 2. The largest absolute Gasteiger partial charge is 0.383 e. The standard InChI is InChI=1S/C13H16N4/c1-15-12(11-6-2-3-7-16-11)9-10-5-4-8-17-13(10)14/h2-8,12,15H,9H2,1H3,(H2,14,17). The highest BCUT2D eigenvalue weighted by atomic mass is 14.9. The molecule has 4 nitrogen and oxygen atoms in total. The molecule has 1 atom stereocenters. The van der Waals surface area contributed by atoms with Crippen LogP contribution in [-0.2, 0) is 6.42 Å². The molecule has 17 heavy (non-hydrogen) atoms. The van der Waals surface area contributed by atoms with Crippen molar-refractivity contribution in [3.63, 3.8) is 0 Å². The van der Waals surface area contributed by atoms with E-state index in [1.54, 1.807) is 12.4 Å². The van der Waals surface area contributed by atoms with Crippen molar-refractivity contribution in [3.8, 4) is 0 Å². The van der Waals surface area contributed by atoms with Crippen LogP contribution in [0, 0.1) is 0 Å². The number of hydrogen-bond acceptors (Lipinski definition) is 4. The van der Waals surface area contributed by atoms with E-state index in [0.29, 0.717) is 5.82 Å². The van der Waals surface area contributed by atoms with Crippen LogP contribution in [0.3, 0.4) is 0 Å². The normalized spacial score (nSPS) is 12.3. The maximum atomic E-state index is 5.84. The first kappa shape index (κ1) is 11.5. The summed E-state index contributed by atoms with van der Waals surface area (Å²) in [6, 6.07) is 9.95. The minimum absolute atomic E-state index is 0.155. The molecule has 0 saturated carbocycles. The summed E-state index contributed by atoms with van der Waals surface area (Å²) in [5.41, 5.74) is 7.89. The number of anilines is 1. The van der Waals surface area contributed by atoms with Gasteiger partial charge in [0.05, 0.1) is 11.7 Å². The van der Waals surface area contributed by atoms with Crippen molar-refractivity contribution in [2.45, 2.75) is 12.5 Å². The molecule has 2 aromatic heterocycles. The molecule has 1 unspecified atom stereocenters. The van der Waals surface area contributed by atoms with E-state index in [2.05, 4.69) is 15.3 Å². The lowest BCUT2D eigenvalue weighted by atomic mass is 10.0. The topological polar surface area (TPSA) is 63.8 Å². The van der Waals surface area contributed by atoms with Crippen molar-refractivity contribution in [3.05, 3.63) is 54.0 Å². The Morgan fingerprint density at radius 1 is 1.18 bits per heavy atom. The fourth-order valence-electron chi connectivity index (χ4n) is 1.78. The van der Waals surface area contributed by atoms with Crippen molar-refractivity contribution in [1.82, 2.24) is 15.3 Å². The Labute approximate surface area is 101 Å². The van der Waals surface area contributed by atoms with Crippen molar-refractivity contribution in [2.24, 2.45) is 0 Å². The van der Waals surface area contributed by atoms with Gasteiger partial charge in [-0.2, -0.15) is 0 Å². The highest BCUT2D eigenvalue weighted by molar-refractivity contribution is 5.39. The van der Waals surface area contributed by atoms with Gasteiger partial charge < -0.3 is 11.1 Å². The number of nitrogens with one attached hydrogen (secondary N) is 1. The van der Waals surface area contributed by atoms with Crippen molar-refractivity contribution in [2.75, 3.05) is 12.8 Å². The van der Waals surface area contributed by atoms with Gasteiger partial charge in [-0.1, -0.05) is 12.1 Å². The van der Waals surface area contributed by atoms with Gasteiger partial charge in [0.1, 0.15) is 5.82 Å². The third-order valence-electron chi connectivity index (χ3n) is 2.74. The van der Waals surface area contributed by atoms with Crippen LogP contribution in [0.4, 0.5) is 5.82 Å². The molecular formula is C13H16N4. The third-order valence-corrected chi connectivity index (χ3v) is 2.74. The van der Waals surface area contributed by atoms with Gasteiger partial charge in [0.25, 0.3) is 0 Å². The maximum Gasteiger partial charge on any atom is 0.126 e. The van der Waals surface area contributed by atoms with E-state index in [1.165, 1.54) is 0 Å². The van der Waals surface area contributed by atoms with Crippen LogP contribution in [0.15, 0.2) is 42.7 Å². The second-order valence-corrected chi connectivity index (χ2v) is 3.85. The molecular weight excluding hydrogens is 212 g/mol. The number of rotatable bonds is 4. The molecule has 2 heterocycles. The van der Waals surface area contributed by atoms with Gasteiger partial charge in [-0.3, -0.25) is 4.98 Å². The first-order chi connectivity index (χ1) is 8.31. The fraction of sp³-hybridized carbons (Fsp3) is 0.231. The molecule has 0 amide bonds. The summed E-state index contributed by atoms with van der Waals surface area (Å²) >= 11 is 0. The monoisotopic (exact) mass is 228 g/mol. The Morgan fingerprint density at radius 3 is 2.65 bits per heavy atom. The van der Waals surface area contributed by atoms with E-state index in [4.69, 9.17) is 5.73 Å². The van der Waals surface area contributed by atoms with E-state index in [-0.39, 0.29) is 6.04 Å². The molecule has 3 N–H and O–H groups in total. The van der Waals surface area contributed by atoms with Gasteiger partial charge >= 0.3 is 0 Å². The van der Waals surface area contributed by atoms with Gasteiger partial charge in [-0.25, -0.2) is 4.98 Å². The van der Waals surface area contributed by atoms with E-state index in [0.717, 1.165) is 17.7 Å². The minimum atomic E-state index is 0.155. The molecule has 0 aromatic carbocycles. The molecule has 88 valence electrons. The summed E-state index contributed by atoms with van der Waals surface area (Å²) in [6.07, 6.45) is 4.29. The summed E-state index contributed by atoms with van der Waals surface area (Å²) in [5, 5.41) is 3.25. The van der Waals surface area contributed by atoms with E-state index in [9.17, 15) is 0 Å². The van der Waals surface area contributed by atoms with Crippen LogP contribution >= 0.6 is 0 Å². The average molecular weight is 228 g/mol. The van der Waals surface area contributed by atoms with Gasteiger partial charge in [-0.15, -0.1) is 0 Å². The van der Waals surface area contributed by atoms with Crippen molar-refractivity contribution >= 4 is 5.82 Å². The van der Waals surface area contributed by atoms with Crippen molar-refractivity contribution < 1.29 is 0 Å². The van der Waals surface area contributed by atoms with Crippen molar-refractivity contribution in [1.29, 1.82) is 0 Å². The molecule has 0 bridgehead atoms. The first-order valence-corrected chi connectivity index (χ1v) is 5.59. The first-order valence-electron chi connectivity index (χ1n) is 5.59. The molecule has 0 radical (unpaired) electrons. The number of likely N-dealkylation sites (N-methyl/N-ethyl adjacent to an activating group) is 1. The fourth-order valence-corrected chi connectivity index (χ4v) is 1.78. The summed E-state index contributed by atoms with van der Waals surface area (Å²) in [6.45, 7) is 0. The number of nitrogens with two attached hydrogens (primary N) is 1. The zero-order valence-electron chi connectivity index (χ0n) is 9.80. The molecule has 0 saturated heterocycles. The Bertz CT molecular complexity index is 470. The van der Waals surface area contributed by atoms with Gasteiger partial charge in [0.2, 0.25) is 0 Å². The Balaban J connectivity index is 2.19. The van der Waals surface area contributed by atoms with E-state index >= 15 is 0 Å². The van der Waals surface area contributed by atoms with Crippen LogP contribution in [0.25, 0.3) is 0 Å². The summed E-state index contributed by atoms with van der Waals surface area (Å²) in [7, 11) is 1.92. The predicted octanol–water partition coefficient (Wildman–Crippen LogP) is 1.56. The third kappa shape index (κ3) is 2.79. The summed E-state index contributed by atoms with van der Waals surface area (Å²) < 4.78 is 0. The Kier molecular flexibility index (Phi) is 3.67. The summed E-state index contributed by atoms with van der Waals surface area (Å²) in [4.78, 5) is 8.44. The summed E-state index contributed by atoms with van der Waals surface area (Å²) in [5.74, 6) is 0.587. The molecule has 0 aliphatic heterocycles. The van der Waals surface area contributed by atoms with Crippen LogP contribution in [0.5, 0.6) is 0 Å². The number of aromatic nitrogens is 2. The highest BCUT2D eigenvalue weighted by Gasteiger charge is 2.12. The molecule has 2 rings (SSSR count). The zero-order valence-corrected chi connectivity index (χ0v) is 9.80. The second kappa shape index (κ2) is 5.41. The zero-order chi connectivity index (χ0) is 12.1. The smallest absolute Gasteiger partial charge is 0.126 e. The van der Waals surface area contributed by atoms with E-state index < -0.39 is 0 Å². The predicted molar refractivity (Wildman–Crippen MR) is 68.4 cm³/mol. The molecule has 0 aliphatic rings. The van der Waals surface area contributed by atoms with Crippen LogP contribution < -0.4 is 11.1 Å². The second-order valence-electron chi connectivity index (χ2n) is 3.85. The lowest BCUT2D eigenvalue weighted by Crippen LogP contribution is -2.20. The van der Waals surface area contributed by atoms with Gasteiger partial charge in [-0.05, 0) is 37.2 Å². The minimum Gasteiger partial charge on any atom is -0.383 e. The van der Waals surface area contributed by atoms with Crippen LogP contribution in [-0.4, -0.2) is 17.0 Å². The molecule has 0 spiro atoms. The average Bonchev–Trinajstić information content (AvgIpc) is 2.39. The van der Waals surface area contributed by atoms with Crippen LogP contribution in [0.2, 0.25) is 0 Å². The Hall–Kier alpha value is -1.94. The maximum absolute atomic E-state index is 5.84. The number of nitrogen functional groups attached to an aromatic ring is 1. The highest BCUT2D eigenvalue weighted by Crippen LogP contribution is 2.18. The van der Waals surface area contributed by atoms with Gasteiger partial charge in [0, 0.05) is 12.4 Å². The molecule has 2 aromatic rings. The quantitative estimate of drug-likeness (QED) is 0.833. The molecule has 0 fully saturated rings. The van der Waals surface area contributed by atoms with Crippen LogP contribution in [0.1, 0.15) is 17.3 Å². The molecule has 4 heteroatoms. The SMILES string of the molecule is CNC(Cc1cccnc1N)c1ccccn1. The number of nitrogens with zero attached hydrogens (tertiary/aromatic N) is 2. The molecule has 0 aliphatic carbocycles.